The number of carbonyl (C=O) groups is 2. The predicted molar refractivity (Wildman–Crippen MR) is 81.0 cm³/mol. The van der Waals surface area contributed by atoms with Crippen LogP contribution in [0.3, 0.4) is 0 Å². The Hall–Kier alpha value is -1.26. The maximum Gasteiger partial charge on any atom is 0.317 e. The largest absolute Gasteiger partial charge is 0.481 e. The molecule has 0 aromatic carbocycles. The number of likely N-dealkylation sites (tertiary alicyclic amines) is 1. The molecule has 2 N–H and O–H groups in total. The number of rotatable bonds is 4. The third-order valence-corrected chi connectivity index (χ3v) is 5.09. The Balaban J connectivity index is 1.77. The second-order valence-corrected chi connectivity index (χ2v) is 6.78. The smallest absolute Gasteiger partial charge is 0.317 e. The van der Waals surface area contributed by atoms with Crippen molar-refractivity contribution < 1.29 is 14.7 Å². The normalized spacial score (nSPS) is 33.0. The van der Waals surface area contributed by atoms with Crippen molar-refractivity contribution in [3.8, 4) is 0 Å². The van der Waals surface area contributed by atoms with E-state index in [1.165, 1.54) is 25.7 Å². The fourth-order valence-electron chi connectivity index (χ4n) is 3.72. The van der Waals surface area contributed by atoms with Crippen LogP contribution in [-0.2, 0) is 4.79 Å². The number of amides is 2. The van der Waals surface area contributed by atoms with Crippen LogP contribution >= 0.6 is 0 Å². The zero-order valence-electron chi connectivity index (χ0n) is 13.2. The van der Waals surface area contributed by atoms with Crippen molar-refractivity contribution in [1.29, 1.82) is 0 Å². The highest BCUT2D eigenvalue weighted by atomic mass is 16.4. The highest BCUT2D eigenvalue weighted by molar-refractivity contribution is 5.77. The Bertz CT molecular complexity index is 378. The minimum Gasteiger partial charge on any atom is -0.481 e. The van der Waals surface area contributed by atoms with Crippen molar-refractivity contribution >= 4 is 12.0 Å². The van der Waals surface area contributed by atoms with Gasteiger partial charge in [0.1, 0.15) is 0 Å². The van der Waals surface area contributed by atoms with Crippen molar-refractivity contribution in [3.05, 3.63) is 0 Å². The van der Waals surface area contributed by atoms with Gasteiger partial charge in [0.25, 0.3) is 0 Å². The van der Waals surface area contributed by atoms with Crippen LogP contribution in [0.5, 0.6) is 0 Å². The minimum absolute atomic E-state index is 0.0357. The number of aliphatic carboxylic acids is 1. The lowest BCUT2D eigenvalue weighted by Crippen LogP contribution is -2.45. The zero-order valence-corrected chi connectivity index (χ0v) is 13.2. The first-order valence-corrected chi connectivity index (χ1v) is 8.29. The summed E-state index contributed by atoms with van der Waals surface area (Å²) in [5, 5.41) is 12.2. The van der Waals surface area contributed by atoms with E-state index in [1.807, 2.05) is 6.92 Å². The molecule has 1 heterocycles. The molecule has 2 atom stereocenters. The summed E-state index contributed by atoms with van der Waals surface area (Å²) in [5.41, 5.74) is 0. The summed E-state index contributed by atoms with van der Waals surface area (Å²) in [6.45, 7) is 5.02. The molecule has 1 aliphatic heterocycles. The van der Waals surface area contributed by atoms with Crippen LogP contribution in [0.25, 0.3) is 0 Å². The van der Waals surface area contributed by atoms with Crippen LogP contribution in [0.4, 0.5) is 4.79 Å². The fraction of sp³-hybridized carbons (Fsp3) is 0.875. The van der Waals surface area contributed by atoms with Gasteiger partial charge in [0, 0.05) is 19.1 Å². The summed E-state index contributed by atoms with van der Waals surface area (Å²) >= 11 is 0. The molecular formula is C16H28N2O3. The molecule has 0 radical (unpaired) electrons. The van der Waals surface area contributed by atoms with Crippen LogP contribution in [0.15, 0.2) is 0 Å². The topological polar surface area (TPSA) is 69.6 Å². The van der Waals surface area contributed by atoms with E-state index in [1.54, 1.807) is 4.90 Å². The van der Waals surface area contributed by atoms with E-state index >= 15 is 0 Å². The van der Waals surface area contributed by atoms with Gasteiger partial charge in [0.2, 0.25) is 0 Å². The lowest BCUT2D eigenvalue weighted by Gasteiger charge is -2.30. The molecule has 5 nitrogen and oxygen atoms in total. The van der Waals surface area contributed by atoms with E-state index in [4.69, 9.17) is 5.11 Å². The Labute approximate surface area is 127 Å². The molecule has 1 aliphatic carbocycles. The van der Waals surface area contributed by atoms with Gasteiger partial charge in [-0.3, -0.25) is 4.79 Å². The van der Waals surface area contributed by atoms with Crippen LogP contribution in [0.1, 0.15) is 52.4 Å². The van der Waals surface area contributed by atoms with Gasteiger partial charge in [0.05, 0.1) is 5.92 Å². The first-order chi connectivity index (χ1) is 10.0. The fourth-order valence-corrected chi connectivity index (χ4v) is 3.72. The van der Waals surface area contributed by atoms with Crippen molar-refractivity contribution in [3.63, 3.8) is 0 Å². The Morgan fingerprint density at radius 3 is 2.38 bits per heavy atom. The van der Waals surface area contributed by atoms with E-state index in [0.717, 1.165) is 18.8 Å². The lowest BCUT2D eigenvalue weighted by molar-refractivity contribution is -0.142. The summed E-state index contributed by atoms with van der Waals surface area (Å²) in [7, 11) is 0. The highest BCUT2D eigenvalue weighted by Crippen LogP contribution is 2.28. The van der Waals surface area contributed by atoms with Gasteiger partial charge in [-0.2, -0.15) is 0 Å². The van der Waals surface area contributed by atoms with E-state index in [-0.39, 0.29) is 18.0 Å². The number of carboxylic acid groups (broad SMARTS) is 1. The number of nitrogens with zero attached hydrogens (tertiary/aromatic N) is 1. The first kappa shape index (κ1) is 16.1. The maximum absolute atomic E-state index is 12.3. The van der Waals surface area contributed by atoms with Crippen LogP contribution in [-0.4, -0.2) is 41.1 Å². The molecule has 2 aliphatic rings. The van der Waals surface area contributed by atoms with Gasteiger partial charge in [-0.1, -0.05) is 26.7 Å². The van der Waals surface area contributed by atoms with Crippen LogP contribution in [0, 0.1) is 17.8 Å². The second kappa shape index (κ2) is 7.14. The van der Waals surface area contributed by atoms with Gasteiger partial charge < -0.3 is 15.3 Å². The van der Waals surface area contributed by atoms with Gasteiger partial charge in [-0.15, -0.1) is 0 Å². The predicted octanol–water partition coefficient (Wildman–Crippen LogP) is 2.71. The van der Waals surface area contributed by atoms with Gasteiger partial charge in [-0.05, 0) is 37.5 Å². The number of hydrogen-bond acceptors (Lipinski definition) is 2. The monoisotopic (exact) mass is 296 g/mol. The molecule has 21 heavy (non-hydrogen) atoms. The molecule has 0 aromatic heterocycles. The summed E-state index contributed by atoms with van der Waals surface area (Å²) in [5.74, 6) is -0.353. The SMILES string of the molecule is CCCC1CCC(NC(=O)N2CC(C)C(C(=O)O)C2)CC1. The molecule has 2 unspecified atom stereocenters. The number of hydrogen-bond donors (Lipinski definition) is 2. The van der Waals surface area contributed by atoms with E-state index in [9.17, 15) is 9.59 Å². The van der Waals surface area contributed by atoms with Crippen molar-refractivity contribution in [2.75, 3.05) is 13.1 Å². The average Bonchev–Trinajstić information content (AvgIpc) is 2.84. The highest BCUT2D eigenvalue weighted by Gasteiger charge is 2.37. The third-order valence-electron chi connectivity index (χ3n) is 5.09. The Kier molecular flexibility index (Phi) is 5.48. The molecule has 0 spiro atoms. The van der Waals surface area contributed by atoms with Crippen molar-refractivity contribution in [2.45, 2.75) is 58.4 Å². The van der Waals surface area contributed by atoms with Crippen LogP contribution < -0.4 is 5.32 Å². The summed E-state index contributed by atoms with van der Waals surface area (Å²) < 4.78 is 0. The number of carboxylic acids is 1. The van der Waals surface area contributed by atoms with E-state index in [2.05, 4.69) is 12.2 Å². The number of carbonyl (C=O) groups excluding carboxylic acids is 1. The van der Waals surface area contributed by atoms with Crippen LogP contribution in [0.2, 0.25) is 0 Å². The summed E-state index contributed by atoms with van der Waals surface area (Å²) in [6, 6.07) is 0.189. The molecule has 2 fully saturated rings. The summed E-state index contributed by atoms with van der Waals surface area (Å²) in [4.78, 5) is 25.0. The quantitative estimate of drug-likeness (QED) is 0.838. The van der Waals surface area contributed by atoms with E-state index < -0.39 is 11.9 Å². The molecule has 2 amide bonds. The van der Waals surface area contributed by atoms with Gasteiger partial charge in [0.15, 0.2) is 0 Å². The average molecular weight is 296 g/mol. The first-order valence-electron chi connectivity index (χ1n) is 8.29. The number of urea groups is 1. The standard InChI is InChI=1S/C16H28N2O3/c1-3-4-12-5-7-13(8-6-12)17-16(21)18-9-11(2)14(10-18)15(19)20/h11-14H,3-10H2,1-2H3,(H,17,21)(H,19,20). The van der Waals surface area contributed by atoms with Crippen molar-refractivity contribution in [2.24, 2.45) is 17.8 Å². The Morgan fingerprint density at radius 1 is 1.19 bits per heavy atom. The summed E-state index contributed by atoms with van der Waals surface area (Å²) in [6.07, 6.45) is 7.05. The molecule has 0 aromatic rings. The molecule has 0 bridgehead atoms. The molecule has 1 saturated heterocycles. The Morgan fingerprint density at radius 2 is 1.86 bits per heavy atom. The lowest BCUT2D eigenvalue weighted by atomic mass is 9.83. The minimum atomic E-state index is -0.794. The van der Waals surface area contributed by atoms with Gasteiger partial charge >= 0.3 is 12.0 Å². The molecule has 120 valence electrons. The molecular weight excluding hydrogens is 268 g/mol. The molecule has 5 heteroatoms. The maximum atomic E-state index is 12.3. The molecule has 1 saturated carbocycles. The van der Waals surface area contributed by atoms with Crippen molar-refractivity contribution in [1.82, 2.24) is 10.2 Å². The molecule has 2 rings (SSSR count). The van der Waals surface area contributed by atoms with Gasteiger partial charge in [-0.25, -0.2) is 4.79 Å². The third kappa shape index (κ3) is 4.11. The number of nitrogens with one attached hydrogen (secondary N) is 1. The van der Waals surface area contributed by atoms with E-state index in [0.29, 0.717) is 13.1 Å². The second-order valence-electron chi connectivity index (χ2n) is 6.78. The zero-order chi connectivity index (χ0) is 15.4.